The van der Waals surface area contributed by atoms with E-state index in [1.165, 1.54) is 0 Å². The van der Waals surface area contributed by atoms with E-state index in [0.717, 1.165) is 11.3 Å². The predicted octanol–water partition coefficient (Wildman–Crippen LogP) is 3.43. The fraction of sp³-hybridized carbons (Fsp3) is 0.400. The summed E-state index contributed by atoms with van der Waals surface area (Å²) in [5, 5.41) is 15.1. The van der Waals surface area contributed by atoms with Gasteiger partial charge in [-0.05, 0) is 38.5 Å². The summed E-state index contributed by atoms with van der Waals surface area (Å²) in [7, 11) is 0. The Morgan fingerprint density at radius 1 is 1.30 bits per heavy atom. The number of hydrogen-bond acceptors (Lipinski definition) is 3. The van der Waals surface area contributed by atoms with E-state index in [1.54, 1.807) is 10.9 Å². The van der Waals surface area contributed by atoms with Crippen LogP contribution in [0.5, 0.6) is 5.75 Å². The van der Waals surface area contributed by atoms with Crippen molar-refractivity contribution in [3.8, 4) is 5.75 Å². The van der Waals surface area contributed by atoms with Crippen LogP contribution in [0, 0.1) is 0 Å². The highest BCUT2D eigenvalue weighted by Gasteiger charge is 2.19. The first kappa shape index (κ1) is 14.9. The maximum absolute atomic E-state index is 10.5. The van der Waals surface area contributed by atoms with Gasteiger partial charge in [-0.25, -0.2) is 0 Å². The van der Waals surface area contributed by atoms with Crippen molar-refractivity contribution < 1.29 is 9.84 Å². The number of ether oxygens (including phenoxy) is 1. The minimum Gasteiger partial charge on any atom is -0.491 e. The van der Waals surface area contributed by atoms with Crippen molar-refractivity contribution in [1.82, 2.24) is 9.78 Å². The zero-order valence-electron chi connectivity index (χ0n) is 11.9. The molecule has 1 aromatic heterocycles. The van der Waals surface area contributed by atoms with Gasteiger partial charge in [-0.1, -0.05) is 23.7 Å². The lowest BCUT2D eigenvalue weighted by Gasteiger charge is -2.15. The number of aliphatic hydroxyl groups excluding tert-OH is 1. The molecule has 1 atom stereocenters. The number of nitrogens with zero attached hydrogens (tertiary/aromatic N) is 2. The number of hydrogen-bond donors (Lipinski definition) is 1. The van der Waals surface area contributed by atoms with Crippen LogP contribution in [0.1, 0.15) is 38.1 Å². The standard InChI is InChI=1S/C15H19ClN2O2/c1-4-18-14(13(16)9-17-18)15(19)11-5-7-12(8-6-11)20-10(2)3/h5-10,15,19H,4H2,1-3H3. The fourth-order valence-electron chi connectivity index (χ4n) is 2.05. The molecule has 108 valence electrons. The molecular weight excluding hydrogens is 276 g/mol. The SMILES string of the molecule is CCn1ncc(Cl)c1C(O)c1ccc(OC(C)C)cc1. The highest BCUT2D eigenvalue weighted by molar-refractivity contribution is 6.31. The molecule has 1 heterocycles. The van der Waals surface area contributed by atoms with E-state index in [-0.39, 0.29) is 6.10 Å². The Labute approximate surface area is 123 Å². The molecule has 0 fully saturated rings. The second-order valence-electron chi connectivity index (χ2n) is 4.83. The first-order chi connectivity index (χ1) is 9.52. The van der Waals surface area contributed by atoms with Crippen molar-refractivity contribution in [2.24, 2.45) is 0 Å². The number of aromatic nitrogens is 2. The average Bonchev–Trinajstić information content (AvgIpc) is 2.79. The van der Waals surface area contributed by atoms with Crippen molar-refractivity contribution in [1.29, 1.82) is 0 Å². The van der Waals surface area contributed by atoms with Crippen LogP contribution < -0.4 is 4.74 Å². The van der Waals surface area contributed by atoms with Gasteiger partial charge in [0.2, 0.25) is 0 Å². The smallest absolute Gasteiger partial charge is 0.122 e. The molecule has 0 aliphatic carbocycles. The van der Waals surface area contributed by atoms with Crippen LogP contribution in [-0.2, 0) is 6.54 Å². The topological polar surface area (TPSA) is 47.3 Å². The largest absolute Gasteiger partial charge is 0.491 e. The van der Waals surface area contributed by atoms with Gasteiger partial charge in [0, 0.05) is 6.54 Å². The van der Waals surface area contributed by atoms with Crippen LogP contribution in [0.2, 0.25) is 5.02 Å². The Morgan fingerprint density at radius 2 is 1.95 bits per heavy atom. The molecule has 1 unspecified atom stereocenters. The molecule has 1 N–H and O–H groups in total. The second kappa shape index (κ2) is 6.29. The first-order valence-electron chi connectivity index (χ1n) is 6.68. The monoisotopic (exact) mass is 294 g/mol. The molecule has 1 aromatic carbocycles. The molecule has 0 aliphatic rings. The number of rotatable bonds is 5. The molecule has 0 aliphatic heterocycles. The first-order valence-corrected chi connectivity index (χ1v) is 7.06. The van der Waals surface area contributed by atoms with Gasteiger partial charge in [0.05, 0.1) is 23.0 Å². The van der Waals surface area contributed by atoms with Gasteiger partial charge in [0.15, 0.2) is 0 Å². The maximum Gasteiger partial charge on any atom is 0.122 e. The Morgan fingerprint density at radius 3 is 2.50 bits per heavy atom. The molecule has 0 saturated heterocycles. The molecule has 0 amide bonds. The second-order valence-corrected chi connectivity index (χ2v) is 5.24. The van der Waals surface area contributed by atoms with Crippen LogP contribution in [0.25, 0.3) is 0 Å². The predicted molar refractivity (Wildman–Crippen MR) is 79.2 cm³/mol. The molecule has 2 rings (SSSR count). The van der Waals surface area contributed by atoms with Crippen LogP contribution >= 0.6 is 11.6 Å². The van der Waals surface area contributed by atoms with E-state index in [1.807, 2.05) is 45.0 Å². The highest BCUT2D eigenvalue weighted by atomic mass is 35.5. The number of halogens is 1. The summed E-state index contributed by atoms with van der Waals surface area (Å²) in [5.74, 6) is 0.783. The molecule has 5 heteroatoms. The van der Waals surface area contributed by atoms with Gasteiger partial charge in [-0.15, -0.1) is 0 Å². The van der Waals surface area contributed by atoms with Crippen molar-refractivity contribution in [2.45, 2.75) is 39.5 Å². The summed E-state index contributed by atoms with van der Waals surface area (Å²) in [4.78, 5) is 0. The van der Waals surface area contributed by atoms with E-state index >= 15 is 0 Å². The Hall–Kier alpha value is -1.52. The third-order valence-electron chi connectivity index (χ3n) is 2.96. The van der Waals surface area contributed by atoms with E-state index in [0.29, 0.717) is 17.3 Å². The lowest BCUT2D eigenvalue weighted by atomic mass is 10.1. The lowest BCUT2D eigenvalue weighted by Crippen LogP contribution is -2.10. The van der Waals surface area contributed by atoms with E-state index in [9.17, 15) is 5.11 Å². The molecule has 20 heavy (non-hydrogen) atoms. The quantitative estimate of drug-likeness (QED) is 0.919. The maximum atomic E-state index is 10.5. The van der Waals surface area contributed by atoms with Gasteiger partial charge >= 0.3 is 0 Å². The summed E-state index contributed by atoms with van der Waals surface area (Å²) in [6.45, 7) is 6.57. The Bertz CT molecular complexity index is 564. The molecule has 0 spiro atoms. The average molecular weight is 295 g/mol. The molecule has 0 bridgehead atoms. The third kappa shape index (κ3) is 3.14. The number of aliphatic hydroxyl groups is 1. The molecule has 4 nitrogen and oxygen atoms in total. The number of aryl methyl sites for hydroxylation is 1. The van der Waals surface area contributed by atoms with E-state index in [2.05, 4.69) is 5.10 Å². The zero-order chi connectivity index (χ0) is 14.7. The van der Waals surface area contributed by atoms with Crippen molar-refractivity contribution in [3.63, 3.8) is 0 Å². The third-order valence-corrected chi connectivity index (χ3v) is 3.25. The minimum atomic E-state index is -0.793. The minimum absolute atomic E-state index is 0.127. The normalized spacial score (nSPS) is 12.7. The molecular formula is C15H19ClN2O2. The summed E-state index contributed by atoms with van der Waals surface area (Å²) in [5.41, 5.74) is 1.38. The van der Waals surface area contributed by atoms with Crippen LogP contribution in [0.15, 0.2) is 30.5 Å². The summed E-state index contributed by atoms with van der Waals surface area (Å²) in [6.07, 6.45) is 0.889. The summed E-state index contributed by atoms with van der Waals surface area (Å²) >= 11 is 6.10. The van der Waals surface area contributed by atoms with Gasteiger partial charge in [-0.2, -0.15) is 5.10 Å². The van der Waals surface area contributed by atoms with Gasteiger partial charge in [-0.3, -0.25) is 4.68 Å². The fourth-order valence-corrected chi connectivity index (χ4v) is 2.30. The van der Waals surface area contributed by atoms with Crippen molar-refractivity contribution in [3.05, 3.63) is 46.7 Å². The van der Waals surface area contributed by atoms with Crippen molar-refractivity contribution >= 4 is 11.6 Å². The molecule has 0 saturated carbocycles. The molecule has 2 aromatic rings. The Balaban J connectivity index is 2.24. The van der Waals surface area contributed by atoms with Crippen LogP contribution in [0.4, 0.5) is 0 Å². The molecule has 0 radical (unpaired) electrons. The van der Waals surface area contributed by atoms with Crippen LogP contribution in [0.3, 0.4) is 0 Å². The zero-order valence-corrected chi connectivity index (χ0v) is 12.6. The summed E-state index contributed by atoms with van der Waals surface area (Å²) in [6, 6.07) is 7.37. The number of benzene rings is 1. The van der Waals surface area contributed by atoms with Crippen LogP contribution in [-0.4, -0.2) is 21.0 Å². The highest BCUT2D eigenvalue weighted by Crippen LogP contribution is 2.29. The lowest BCUT2D eigenvalue weighted by molar-refractivity contribution is 0.207. The van der Waals surface area contributed by atoms with E-state index < -0.39 is 6.10 Å². The van der Waals surface area contributed by atoms with Gasteiger partial charge in [0.25, 0.3) is 0 Å². The summed E-state index contributed by atoms with van der Waals surface area (Å²) < 4.78 is 7.28. The van der Waals surface area contributed by atoms with Gasteiger partial charge in [0.1, 0.15) is 11.9 Å². The van der Waals surface area contributed by atoms with Crippen molar-refractivity contribution in [2.75, 3.05) is 0 Å². The van der Waals surface area contributed by atoms with E-state index in [4.69, 9.17) is 16.3 Å². The Kier molecular flexibility index (Phi) is 4.68. The van der Waals surface area contributed by atoms with Gasteiger partial charge < -0.3 is 9.84 Å².